The molecule has 12 atom stereocenters. The zero-order valence-corrected chi connectivity index (χ0v) is 84.2. The third-order valence-corrected chi connectivity index (χ3v) is 25.4. The highest BCUT2D eigenvalue weighted by Gasteiger charge is 2.57. The van der Waals surface area contributed by atoms with Crippen LogP contribution < -0.4 is 19.7 Å². The second kappa shape index (κ2) is 65.4. The van der Waals surface area contributed by atoms with Gasteiger partial charge in [-0.2, -0.15) is 0 Å². The van der Waals surface area contributed by atoms with E-state index >= 15 is 14.2 Å². The molecular formula is C94H142Cl9N2O24P. The first-order valence-corrected chi connectivity index (χ1v) is 51.7. The average Bonchev–Trinajstić information content (AvgIpc) is 0.769. The van der Waals surface area contributed by atoms with Gasteiger partial charge in [0.05, 0.1) is 26.1 Å². The zero-order chi connectivity index (χ0) is 95.1. The van der Waals surface area contributed by atoms with Gasteiger partial charge in [0.2, 0.25) is 17.3 Å². The molecular weight excluding hydrogens is 1890 g/mol. The Morgan fingerprint density at radius 3 is 1.28 bits per heavy atom. The summed E-state index contributed by atoms with van der Waals surface area (Å²) in [4.78, 5) is 101. The highest BCUT2D eigenvalue weighted by Crippen LogP contribution is 2.53. The van der Waals surface area contributed by atoms with Crippen LogP contribution in [-0.2, 0) is 91.7 Å². The smallest absolute Gasteiger partial charge is 0.462 e. The minimum absolute atomic E-state index is 0.0394. The predicted molar refractivity (Wildman–Crippen MR) is 507 cm³/mol. The number of nitrogens with one attached hydrogen (secondary N) is 2. The van der Waals surface area contributed by atoms with Gasteiger partial charge in [0.15, 0.2) is 30.4 Å². The maximum atomic E-state index is 16.1. The molecule has 2 heterocycles. The van der Waals surface area contributed by atoms with Gasteiger partial charge in [0.25, 0.3) is 0 Å². The van der Waals surface area contributed by atoms with Gasteiger partial charge in [-0.1, -0.05) is 404 Å². The van der Waals surface area contributed by atoms with Crippen molar-refractivity contribution in [3.05, 3.63) is 96.6 Å². The first kappa shape index (κ1) is 116. The molecule has 130 heavy (non-hydrogen) atoms. The predicted octanol–water partition coefficient (Wildman–Crippen LogP) is 26.0. The fraction of sp³-hybridized carbons (Fsp3) is 0.734. The normalized spacial score (nSPS) is 19.5. The Balaban J connectivity index is 1.69. The molecule has 2 aliphatic rings. The van der Waals surface area contributed by atoms with Crippen LogP contribution >= 0.6 is 112 Å². The minimum atomic E-state index is -5.34. The summed E-state index contributed by atoms with van der Waals surface area (Å²) in [7, 11) is -5.34. The molecule has 2 saturated heterocycles. The van der Waals surface area contributed by atoms with Crippen molar-refractivity contribution < 1.29 is 114 Å². The Bertz CT molecular complexity index is 3610. The molecule has 2 amide bonds. The highest BCUT2D eigenvalue weighted by atomic mass is 35.6. The number of para-hydroxylation sites is 2. The molecule has 0 aliphatic carbocycles. The van der Waals surface area contributed by atoms with Crippen molar-refractivity contribution in [1.29, 1.82) is 0 Å². The molecule has 0 spiro atoms. The molecule has 0 radical (unpaired) electrons. The maximum Gasteiger partial charge on any atom is 0.588 e. The molecule has 3 aromatic rings. The number of esters is 3. The number of aliphatic hydroxyl groups is 1. The average molecular weight is 2030 g/mol. The number of rotatable bonds is 67. The number of unbranched alkanes of at least 4 members (excludes halogenated alkanes) is 32. The van der Waals surface area contributed by atoms with Crippen molar-refractivity contribution in [3.8, 4) is 11.5 Å². The van der Waals surface area contributed by atoms with E-state index in [0.29, 0.717) is 44.1 Å². The summed E-state index contributed by atoms with van der Waals surface area (Å²) in [6.45, 7) is 7.10. The molecule has 0 unspecified atom stereocenters. The summed E-state index contributed by atoms with van der Waals surface area (Å²) < 4.78 is 102. The second-order valence-corrected chi connectivity index (χ2v) is 42.7. The van der Waals surface area contributed by atoms with Gasteiger partial charge >= 0.3 is 44.1 Å². The van der Waals surface area contributed by atoms with Gasteiger partial charge in [-0.25, -0.2) is 18.9 Å². The number of carbonyl (C=O) groups is 7. The van der Waals surface area contributed by atoms with Crippen molar-refractivity contribution in [3.63, 3.8) is 0 Å². The fourth-order valence-electron chi connectivity index (χ4n) is 14.8. The number of hydrogen-bond donors (Lipinski definition) is 3. The molecule has 2 aliphatic heterocycles. The minimum Gasteiger partial charge on any atom is -0.462 e. The Labute approximate surface area is 815 Å². The topological polar surface area (TPSA) is 319 Å². The highest BCUT2D eigenvalue weighted by molar-refractivity contribution is 7.49. The standard InChI is InChI=1S/C94H142Cl9N2O24P/c1-7-11-15-19-23-27-31-35-44-58-72(120-77(107)60-50-37-33-29-25-21-17-13-9-3)62-76(106)104-80-84(125-89(112)119-68-93(98,99)100)82(110)74(122-86(80)115-64-69-52-42-39-43-53-69)65-116-87-81(105-88(111)118-67-92(95,96)97)85(124-79(109)63-73(59-45-36-32-28-24-20-16-12-8-2)121-78(108)61-51-38-34-30-26-22-18-14-10-4)83(75(123-87)66-117-90(113)126-91(5,6)94(101,102)103)129-130(114,127-70-54-46-40-47-55-70)128-71-56-48-41-49-57-71/h39-43,46-49,52-57,72-75,80-87,110H,7-38,44-45,50-51,58-68H2,1-6H3,(H,104,106)(H,105,111)/t72-,73-,74-,75-,80-,81-,82-,83-,84-,85-,86-,87-/m1/s1. The van der Waals surface area contributed by atoms with Crippen LogP contribution in [0.4, 0.5) is 14.4 Å². The lowest BCUT2D eigenvalue weighted by molar-refractivity contribution is -0.305. The van der Waals surface area contributed by atoms with E-state index in [1.54, 1.807) is 66.7 Å². The van der Waals surface area contributed by atoms with E-state index in [1.807, 2.05) is 0 Å². The number of ether oxygens (including phenoxy) is 12. The van der Waals surface area contributed by atoms with Crippen molar-refractivity contribution in [2.24, 2.45) is 0 Å². The number of amides is 2. The molecule has 740 valence electrons. The first-order chi connectivity index (χ1) is 62.1. The van der Waals surface area contributed by atoms with Gasteiger partial charge in [-0.05, 0) is 82.2 Å². The Morgan fingerprint density at radius 2 is 0.831 bits per heavy atom. The van der Waals surface area contributed by atoms with Crippen LogP contribution in [0.2, 0.25) is 0 Å². The van der Waals surface area contributed by atoms with E-state index < -0.39 is 180 Å². The van der Waals surface area contributed by atoms with Crippen LogP contribution in [-0.4, -0.2) is 164 Å². The van der Waals surface area contributed by atoms with Crippen molar-refractivity contribution >= 4 is 154 Å². The SMILES string of the molecule is CCCCCCCCCCCC(=O)O[C@H](CCCCCCCCCCC)CC(=O)N[C@H]1[C@H](OCc2ccccc2)O[C@H](CO[C@@H]2O[C@H](COC(=O)OC(C)(C)C(Cl)(Cl)Cl)[C@@H](OP(=O)(Oc3ccccc3)Oc3ccccc3)[C@H](OC(=O)C[C@@H](CCCCCCCCCCC)OC(=O)CCCCCCCCCCC)[C@H]2NC(=O)OCC(Cl)(Cl)Cl)[C@@H](O)[C@@H]1OC(=O)OCC(Cl)(Cl)Cl. The molecule has 36 heteroatoms. The molecule has 3 aromatic carbocycles. The van der Waals surface area contributed by atoms with E-state index in [9.17, 15) is 29.1 Å². The number of phosphoric ester groups is 1. The zero-order valence-electron chi connectivity index (χ0n) is 76.5. The summed E-state index contributed by atoms with van der Waals surface area (Å²) in [6, 6.07) is 20.2. The number of phosphoric acid groups is 1. The van der Waals surface area contributed by atoms with Gasteiger partial charge in [0, 0.05) is 12.8 Å². The molecule has 0 saturated carbocycles. The largest absolute Gasteiger partial charge is 0.588 e. The summed E-state index contributed by atoms with van der Waals surface area (Å²) in [6.07, 6.45) is 12.4. The van der Waals surface area contributed by atoms with Gasteiger partial charge < -0.3 is 81.6 Å². The van der Waals surface area contributed by atoms with Crippen molar-refractivity contribution in [2.45, 2.75) is 408 Å². The van der Waals surface area contributed by atoms with E-state index in [0.717, 1.165) is 173 Å². The van der Waals surface area contributed by atoms with E-state index in [4.69, 9.17) is 175 Å². The summed E-state index contributed by atoms with van der Waals surface area (Å²) in [5.41, 5.74) is -1.35. The van der Waals surface area contributed by atoms with Crippen LogP contribution in [0.15, 0.2) is 91.0 Å². The number of alkyl halides is 9. The number of carbonyl (C=O) groups excluding carboxylic acids is 7. The fourth-order valence-corrected chi connectivity index (χ4v) is 16.7. The number of aliphatic hydroxyl groups excluding tert-OH is 1. The first-order valence-electron chi connectivity index (χ1n) is 46.9. The number of benzene rings is 3. The number of hydrogen-bond acceptors (Lipinski definition) is 24. The molecule has 3 N–H and O–H groups in total. The summed E-state index contributed by atoms with van der Waals surface area (Å²) in [5, 5.41) is 18.4. The maximum absolute atomic E-state index is 16.1. The van der Waals surface area contributed by atoms with Gasteiger partial charge in [-0.3, -0.25) is 23.7 Å². The van der Waals surface area contributed by atoms with Crippen LogP contribution in [0.5, 0.6) is 11.5 Å². The van der Waals surface area contributed by atoms with Gasteiger partial charge in [-0.15, -0.1) is 0 Å². The Hall–Kier alpha value is -4.45. The molecule has 5 rings (SSSR count). The third-order valence-electron chi connectivity index (χ3n) is 22.0. The quantitative estimate of drug-likeness (QED) is 0.0155. The third kappa shape index (κ3) is 50.6. The Kier molecular flexibility index (Phi) is 58.3. The lowest BCUT2D eigenvalue weighted by atomic mass is 9.95. The van der Waals surface area contributed by atoms with Crippen molar-refractivity contribution in [1.82, 2.24) is 10.6 Å². The molecule has 2 fully saturated rings. The monoisotopic (exact) mass is 2030 g/mol. The number of halogens is 9. The number of alkyl carbamates (subject to hydrolysis) is 1. The van der Waals surface area contributed by atoms with E-state index in [1.165, 1.54) is 63.8 Å². The van der Waals surface area contributed by atoms with E-state index in [-0.39, 0.29) is 37.4 Å². The van der Waals surface area contributed by atoms with Crippen molar-refractivity contribution in [2.75, 3.05) is 26.4 Å². The van der Waals surface area contributed by atoms with Gasteiger partial charge in [0.1, 0.15) is 80.0 Å². The van der Waals surface area contributed by atoms with E-state index in [2.05, 4.69) is 38.3 Å². The molecule has 0 bridgehead atoms. The van der Waals surface area contributed by atoms with Crippen LogP contribution in [0.1, 0.15) is 317 Å². The lowest BCUT2D eigenvalue weighted by Gasteiger charge is -2.47. The summed E-state index contributed by atoms with van der Waals surface area (Å²) >= 11 is 55.8. The Morgan fingerprint density at radius 1 is 0.431 bits per heavy atom. The molecule has 26 nitrogen and oxygen atoms in total. The van der Waals surface area contributed by atoms with Crippen LogP contribution in [0.3, 0.4) is 0 Å². The lowest BCUT2D eigenvalue weighted by Crippen LogP contribution is -2.68. The molecule has 0 aromatic heterocycles. The summed E-state index contributed by atoms with van der Waals surface area (Å²) in [5.74, 6) is -3.13. The van der Waals surface area contributed by atoms with Crippen LogP contribution in [0.25, 0.3) is 0 Å². The second-order valence-electron chi connectivity index (χ2n) is 33.9. The van der Waals surface area contributed by atoms with Crippen LogP contribution in [0, 0.1) is 0 Å².